The molecule has 0 aliphatic carbocycles. The number of aromatic carboxylic acids is 1. The molecule has 6 nitrogen and oxygen atoms in total. The number of pyridine rings is 1. The minimum Gasteiger partial charge on any atom is -0.477 e. The number of hydrogen-bond acceptors (Lipinski definition) is 4. The molecule has 2 aromatic heterocycles. The maximum atomic E-state index is 12.5. The van der Waals surface area contributed by atoms with Gasteiger partial charge < -0.3 is 10.4 Å². The molecule has 2 heterocycles. The number of nitrogens with one attached hydrogen (secondary N) is 1. The molecular formula is C17H16ClN3O3. The summed E-state index contributed by atoms with van der Waals surface area (Å²) < 4.78 is 1.27. The van der Waals surface area contributed by atoms with Gasteiger partial charge in [0.1, 0.15) is 5.65 Å². The molecule has 0 amide bonds. The van der Waals surface area contributed by atoms with Crippen LogP contribution in [0.5, 0.6) is 0 Å². The number of nitrogens with zero attached hydrogens (tertiary/aromatic N) is 2. The van der Waals surface area contributed by atoms with Crippen molar-refractivity contribution in [1.29, 1.82) is 0 Å². The average Bonchev–Trinajstić information content (AvgIpc) is 2.46. The highest BCUT2D eigenvalue weighted by Gasteiger charge is 2.20. The van der Waals surface area contributed by atoms with Crippen LogP contribution in [0.1, 0.15) is 23.5 Å². The number of carbonyl (C=O) groups is 1. The van der Waals surface area contributed by atoms with E-state index in [-0.39, 0.29) is 13.2 Å². The highest BCUT2D eigenvalue weighted by Crippen LogP contribution is 2.21. The molecular weight excluding hydrogens is 330 g/mol. The molecule has 3 rings (SSSR count). The van der Waals surface area contributed by atoms with Crippen molar-refractivity contribution in [3.8, 4) is 0 Å². The van der Waals surface area contributed by atoms with Gasteiger partial charge in [0.2, 0.25) is 0 Å². The SMILES string of the molecule is C.Cc1cccc2nc(Nc3cccc(Cl)c3)c(C(=O)O)c(=O)n12. The summed E-state index contributed by atoms with van der Waals surface area (Å²) in [6.07, 6.45) is 0. The third kappa shape index (κ3) is 3.09. The second kappa shape index (κ2) is 6.72. The minimum absolute atomic E-state index is 0. The van der Waals surface area contributed by atoms with Crippen molar-refractivity contribution in [2.24, 2.45) is 0 Å². The zero-order chi connectivity index (χ0) is 16.6. The van der Waals surface area contributed by atoms with Crippen LogP contribution < -0.4 is 10.9 Å². The molecule has 2 N–H and O–H groups in total. The topological polar surface area (TPSA) is 83.7 Å². The monoisotopic (exact) mass is 345 g/mol. The van der Waals surface area contributed by atoms with E-state index in [4.69, 9.17) is 11.6 Å². The summed E-state index contributed by atoms with van der Waals surface area (Å²) in [5.41, 5.74) is 0.465. The number of halogens is 1. The lowest BCUT2D eigenvalue weighted by atomic mass is 10.2. The number of anilines is 2. The number of benzene rings is 1. The van der Waals surface area contributed by atoms with E-state index < -0.39 is 17.1 Å². The predicted molar refractivity (Wildman–Crippen MR) is 94.6 cm³/mol. The molecule has 0 atom stereocenters. The molecule has 0 fully saturated rings. The molecule has 124 valence electrons. The fraction of sp³-hybridized carbons (Fsp3) is 0.118. The van der Waals surface area contributed by atoms with Crippen molar-refractivity contribution in [2.75, 3.05) is 5.32 Å². The fourth-order valence-corrected chi connectivity index (χ4v) is 2.51. The largest absolute Gasteiger partial charge is 0.477 e. The zero-order valence-corrected chi connectivity index (χ0v) is 12.8. The minimum atomic E-state index is -1.34. The van der Waals surface area contributed by atoms with E-state index in [2.05, 4.69) is 10.3 Å². The Bertz CT molecular complexity index is 982. The first-order valence-electron chi connectivity index (χ1n) is 6.75. The summed E-state index contributed by atoms with van der Waals surface area (Å²) in [4.78, 5) is 28.4. The molecule has 0 radical (unpaired) electrons. The number of aryl methyl sites for hydroxylation is 1. The Hall–Kier alpha value is -2.86. The van der Waals surface area contributed by atoms with Crippen LogP contribution in [-0.2, 0) is 0 Å². The molecule has 24 heavy (non-hydrogen) atoms. The fourth-order valence-electron chi connectivity index (χ4n) is 2.32. The summed E-state index contributed by atoms with van der Waals surface area (Å²) in [6.45, 7) is 1.71. The number of carboxylic acid groups (broad SMARTS) is 1. The smallest absolute Gasteiger partial charge is 0.345 e. The summed E-state index contributed by atoms with van der Waals surface area (Å²) in [7, 11) is 0. The Labute approximate surface area is 143 Å². The lowest BCUT2D eigenvalue weighted by Crippen LogP contribution is -2.26. The van der Waals surface area contributed by atoms with Crippen LogP contribution in [-0.4, -0.2) is 20.5 Å². The van der Waals surface area contributed by atoms with E-state index in [0.29, 0.717) is 22.1 Å². The van der Waals surface area contributed by atoms with Crippen LogP contribution in [0, 0.1) is 6.92 Å². The normalized spacial score (nSPS) is 10.2. The Morgan fingerprint density at radius 3 is 2.62 bits per heavy atom. The molecule has 0 saturated heterocycles. The molecule has 7 heteroatoms. The van der Waals surface area contributed by atoms with E-state index in [9.17, 15) is 14.7 Å². The first-order chi connectivity index (χ1) is 11.0. The molecule has 1 aromatic carbocycles. The highest BCUT2D eigenvalue weighted by atomic mass is 35.5. The Kier molecular flexibility index (Phi) is 4.90. The van der Waals surface area contributed by atoms with Gasteiger partial charge in [0.05, 0.1) is 0 Å². The quantitative estimate of drug-likeness (QED) is 0.755. The predicted octanol–water partition coefficient (Wildman–Crippen LogP) is 3.73. The highest BCUT2D eigenvalue weighted by molar-refractivity contribution is 6.30. The number of rotatable bonds is 3. The Morgan fingerprint density at radius 2 is 1.96 bits per heavy atom. The third-order valence-corrected chi connectivity index (χ3v) is 3.58. The second-order valence-corrected chi connectivity index (χ2v) is 5.38. The van der Waals surface area contributed by atoms with Gasteiger partial charge in [0.25, 0.3) is 5.56 Å². The maximum Gasteiger partial charge on any atom is 0.345 e. The van der Waals surface area contributed by atoms with Crippen molar-refractivity contribution in [3.05, 3.63) is 69.1 Å². The number of carboxylic acids is 1. The van der Waals surface area contributed by atoms with Crippen molar-refractivity contribution in [2.45, 2.75) is 14.4 Å². The van der Waals surface area contributed by atoms with E-state index in [0.717, 1.165) is 0 Å². The average molecular weight is 346 g/mol. The maximum absolute atomic E-state index is 12.5. The van der Waals surface area contributed by atoms with Gasteiger partial charge in [0, 0.05) is 16.4 Å². The van der Waals surface area contributed by atoms with Gasteiger partial charge in [-0.2, -0.15) is 0 Å². The van der Waals surface area contributed by atoms with Crippen LogP contribution in [0.3, 0.4) is 0 Å². The van der Waals surface area contributed by atoms with Gasteiger partial charge in [-0.3, -0.25) is 9.20 Å². The molecule has 0 spiro atoms. The van der Waals surface area contributed by atoms with Gasteiger partial charge >= 0.3 is 5.97 Å². The molecule has 0 unspecified atom stereocenters. The van der Waals surface area contributed by atoms with E-state index in [1.54, 1.807) is 49.4 Å². The number of fused-ring (bicyclic) bond motifs is 1. The van der Waals surface area contributed by atoms with Gasteiger partial charge in [-0.25, -0.2) is 9.78 Å². The molecule has 0 aliphatic rings. The first-order valence-corrected chi connectivity index (χ1v) is 7.13. The lowest BCUT2D eigenvalue weighted by Gasteiger charge is -2.12. The molecule has 0 aliphatic heterocycles. The second-order valence-electron chi connectivity index (χ2n) is 4.94. The Morgan fingerprint density at radius 1 is 1.25 bits per heavy atom. The lowest BCUT2D eigenvalue weighted by molar-refractivity contribution is 0.0695. The van der Waals surface area contributed by atoms with E-state index >= 15 is 0 Å². The van der Waals surface area contributed by atoms with Gasteiger partial charge in [-0.15, -0.1) is 0 Å². The van der Waals surface area contributed by atoms with Crippen LogP contribution in [0.2, 0.25) is 5.02 Å². The van der Waals surface area contributed by atoms with Crippen LogP contribution >= 0.6 is 11.6 Å². The first kappa shape index (κ1) is 17.5. The summed E-state index contributed by atoms with van der Waals surface area (Å²) in [5.74, 6) is -1.36. The van der Waals surface area contributed by atoms with Crippen LogP contribution in [0.15, 0.2) is 47.3 Å². The summed E-state index contributed by atoms with van der Waals surface area (Å²) in [5, 5.41) is 12.8. The van der Waals surface area contributed by atoms with Crippen LogP contribution in [0.25, 0.3) is 5.65 Å². The third-order valence-electron chi connectivity index (χ3n) is 3.35. The molecule has 0 bridgehead atoms. The van der Waals surface area contributed by atoms with Crippen molar-refractivity contribution in [1.82, 2.24) is 9.38 Å². The van der Waals surface area contributed by atoms with Gasteiger partial charge in [0.15, 0.2) is 11.4 Å². The van der Waals surface area contributed by atoms with Crippen molar-refractivity contribution in [3.63, 3.8) is 0 Å². The summed E-state index contributed by atoms with van der Waals surface area (Å²) in [6, 6.07) is 11.8. The van der Waals surface area contributed by atoms with Gasteiger partial charge in [-0.05, 0) is 37.3 Å². The molecule has 0 saturated carbocycles. The summed E-state index contributed by atoms with van der Waals surface area (Å²) >= 11 is 5.92. The standard InChI is InChI=1S/C16H12ClN3O3.CH4/c1-9-4-2-7-12-19-14(13(16(22)23)15(21)20(9)12)18-11-6-3-5-10(17)8-11;/h2-8,18H,1H3,(H,22,23);1H4. The van der Waals surface area contributed by atoms with Crippen molar-refractivity contribution >= 4 is 34.7 Å². The van der Waals surface area contributed by atoms with E-state index in [1.165, 1.54) is 4.40 Å². The van der Waals surface area contributed by atoms with Gasteiger partial charge in [-0.1, -0.05) is 31.2 Å². The molecule has 3 aromatic rings. The van der Waals surface area contributed by atoms with E-state index in [1.807, 2.05) is 0 Å². The Balaban J connectivity index is 0.00000208. The van der Waals surface area contributed by atoms with Crippen molar-refractivity contribution < 1.29 is 9.90 Å². The number of hydrogen-bond donors (Lipinski definition) is 2. The van der Waals surface area contributed by atoms with Crippen LogP contribution in [0.4, 0.5) is 11.5 Å². The zero-order valence-electron chi connectivity index (χ0n) is 12.1. The number of aromatic nitrogens is 2.